The molecular weight excluding hydrogens is 214 g/mol. The van der Waals surface area contributed by atoms with Crippen LogP contribution in [0.25, 0.3) is 0 Å². The van der Waals surface area contributed by atoms with Crippen molar-refractivity contribution in [2.45, 2.75) is 26.4 Å². The molecule has 0 saturated carbocycles. The largest absolute Gasteiger partial charge is 0.380 e. The fraction of sp³-hybridized carbons (Fsp3) is 0.357. The average molecular weight is 231 g/mol. The van der Waals surface area contributed by atoms with E-state index in [0.717, 1.165) is 11.4 Å². The maximum atomic E-state index is 11.6. The smallest absolute Gasteiger partial charge is 0.190 e. The molecule has 3 nitrogen and oxygen atoms in total. The van der Waals surface area contributed by atoms with Gasteiger partial charge in [-0.1, -0.05) is 17.7 Å². The standard InChI is InChI=1S/C14H17NO2/c1-10-4-6-12(7-5-10)15-9-14(3,17)13(16)8-11(15)2/h4-8,17H,9H2,1-3H3. The molecule has 0 aliphatic carbocycles. The molecule has 0 bridgehead atoms. The van der Waals surface area contributed by atoms with Crippen LogP contribution < -0.4 is 4.90 Å². The number of benzene rings is 1. The Morgan fingerprint density at radius 3 is 2.41 bits per heavy atom. The molecule has 1 aliphatic heterocycles. The van der Waals surface area contributed by atoms with Gasteiger partial charge in [-0.25, -0.2) is 0 Å². The zero-order valence-corrected chi connectivity index (χ0v) is 10.4. The number of allylic oxidation sites excluding steroid dienone is 1. The minimum atomic E-state index is -1.30. The summed E-state index contributed by atoms with van der Waals surface area (Å²) < 4.78 is 0. The van der Waals surface area contributed by atoms with Crippen LogP contribution >= 0.6 is 0 Å². The lowest BCUT2D eigenvalue weighted by Gasteiger charge is -2.36. The number of nitrogens with zero attached hydrogens (tertiary/aromatic N) is 1. The van der Waals surface area contributed by atoms with Crippen LogP contribution in [0.5, 0.6) is 0 Å². The Kier molecular flexibility index (Phi) is 2.79. The first-order valence-corrected chi connectivity index (χ1v) is 5.69. The third kappa shape index (κ3) is 2.24. The van der Waals surface area contributed by atoms with E-state index < -0.39 is 5.60 Å². The molecule has 0 saturated heterocycles. The monoisotopic (exact) mass is 231 g/mol. The number of β-amino-alcohol motifs (C(OH)–C–C–N with tert-alkyl or cyclic N) is 1. The Bertz CT molecular complexity index is 472. The Morgan fingerprint density at radius 2 is 1.82 bits per heavy atom. The Labute approximate surface area is 101 Å². The summed E-state index contributed by atoms with van der Waals surface area (Å²) in [5.41, 5.74) is 1.75. The summed E-state index contributed by atoms with van der Waals surface area (Å²) in [6.07, 6.45) is 1.50. The number of rotatable bonds is 1. The Balaban J connectivity index is 2.37. The first-order chi connectivity index (χ1) is 7.90. The lowest BCUT2D eigenvalue weighted by molar-refractivity contribution is -0.130. The molecule has 17 heavy (non-hydrogen) atoms. The van der Waals surface area contributed by atoms with Gasteiger partial charge in [0.05, 0.1) is 6.54 Å². The second-order valence-corrected chi connectivity index (χ2v) is 4.85. The van der Waals surface area contributed by atoms with Crippen LogP contribution in [0.3, 0.4) is 0 Å². The van der Waals surface area contributed by atoms with Gasteiger partial charge < -0.3 is 10.0 Å². The van der Waals surface area contributed by atoms with Crippen molar-refractivity contribution < 1.29 is 9.90 Å². The van der Waals surface area contributed by atoms with E-state index >= 15 is 0 Å². The van der Waals surface area contributed by atoms with Gasteiger partial charge in [-0.15, -0.1) is 0 Å². The van der Waals surface area contributed by atoms with Gasteiger partial charge in [0.15, 0.2) is 5.78 Å². The molecule has 0 amide bonds. The SMILES string of the molecule is CC1=CC(=O)C(C)(O)CN1c1ccc(C)cc1. The molecule has 0 spiro atoms. The van der Waals surface area contributed by atoms with Crippen molar-refractivity contribution in [3.8, 4) is 0 Å². The van der Waals surface area contributed by atoms with E-state index in [1.807, 2.05) is 43.0 Å². The highest BCUT2D eigenvalue weighted by molar-refractivity contribution is 5.99. The number of carbonyl (C=O) groups is 1. The number of hydrogen-bond donors (Lipinski definition) is 1. The zero-order valence-electron chi connectivity index (χ0n) is 10.4. The lowest BCUT2D eigenvalue weighted by Crippen LogP contribution is -2.49. The average Bonchev–Trinajstić information content (AvgIpc) is 2.25. The van der Waals surface area contributed by atoms with E-state index in [4.69, 9.17) is 0 Å². The van der Waals surface area contributed by atoms with Gasteiger partial charge in [0, 0.05) is 17.5 Å². The molecule has 1 heterocycles. The van der Waals surface area contributed by atoms with Crippen LogP contribution in [0.2, 0.25) is 0 Å². The summed E-state index contributed by atoms with van der Waals surface area (Å²) in [4.78, 5) is 13.6. The highest BCUT2D eigenvalue weighted by atomic mass is 16.3. The fourth-order valence-electron chi connectivity index (χ4n) is 1.95. The number of hydrogen-bond acceptors (Lipinski definition) is 3. The lowest BCUT2D eigenvalue weighted by atomic mass is 9.95. The van der Waals surface area contributed by atoms with Crippen LogP contribution in [0.1, 0.15) is 19.4 Å². The van der Waals surface area contributed by atoms with Gasteiger partial charge in [-0.2, -0.15) is 0 Å². The van der Waals surface area contributed by atoms with Gasteiger partial charge in [0.25, 0.3) is 0 Å². The number of aliphatic hydroxyl groups is 1. The summed E-state index contributed by atoms with van der Waals surface area (Å²) >= 11 is 0. The molecule has 0 aromatic heterocycles. The molecule has 1 aromatic rings. The molecule has 3 heteroatoms. The van der Waals surface area contributed by atoms with Crippen molar-refractivity contribution in [1.29, 1.82) is 0 Å². The topological polar surface area (TPSA) is 40.5 Å². The molecule has 1 aliphatic rings. The first-order valence-electron chi connectivity index (χ1n) is 5.69. The van der Waals surface area contributed by atoms with Crippen molar-refractivity contribution in [1.82, 2.24) is 0 Å². The molecule has 1 atom stereocenters. The molecule has 90 valence electrons. The van der Waals surface area contributed by atoms with E-state index in [0.29, 0.717) is 6.54 Å². The molecule has 0 fully saturated rings. The quantitative estimate of drug-likeness (QED) is 0.804. The zero-order chi connectivity index (χ0) is 12.6. The van der Waals surface area contributed by atoms with Gasteiger partial charge in [-0.05, 0) is 32.9 Å². The third-order valence-corrected chi connectivity index (χ3v) is 3.11. The normalized spacial score (nSPS) is 24.8. The fourth-order valence-corrected chi connectivity index (χ4v) is 1.95. The molecule has 1 N–H and O–H groups in total. The predicted molar refractivity (Wildman–Crippen MR) is 67.9 cm³/mol. The van der Waals surface area contributed by atoms with Gasteiger partial charge in [0.2, 0.25) is 0 Å². The summed E-state index contributed by atoms with van der Waals surface area (Å²) in [7, 11) is 0. The highest BCUT2D eigenvalue weighted by Crippen LogP contribution is 2.26. The van der Waals surface area contributed by atoms with E-state index in [1.165, 1.54) is 11.6 Å². The van der Waals surface area contributed by atoms with Crippen LogP contribution in [-0.4, -0.2) is 23.0 Å². The minimum Gasteiger partial charge on any atom is -0.380 e. The van der Waals surface area contributed by atoms with Crippen molar-refractivity contribution in [3.05, 3.63) is 41.6 Å². The first kappa shape index (κ1) is 11.9. The van der Waals surface area contributed by atoms with Crippen LogP contribution in [0.4, 0.5) is 5.69 Å². The maximum Gasteiger partial charge on any atom is 0.190 e. The summed E-state index contributed by atoms with van der Waals surface area (Å²) in [5.74, 6) is -0.224. The highest BCUT2D eigenvalue weighted by Gasteiger charge is 2.35. The van der Waals surface area contributed by atoms with Crippen molar-refractivity contribution in [2.24, 2.45) is 0 Å². The maximum absolute atomic E-state index is 11.6. The number of aryl methyl sites for hydroxylation is 1. The third-order valence-electron chi connectivity index (χ3n) is 3.11. The van der Waals surface area contributed by atoms with Crippen LogP contribution in [0, 0.1) is 6.92 Å². The summed E-state index contributed by atoms with van der Waals surface area (Å²) in [6.45, 7) is 5.77. The van der Waals surface area contributed by atoms with Gasteiger partial charge >= 0.3 is 0 Å². The van der Waals surface area contributed by atoms with Crippen molar-refractivity contribution >= 4 is 11.5 Å². The van der Waals surface area contributed by atoms with E-state index in [2.05, 4.69) is 0 Å². The van der Waals surface area contributed by atoms with E-state index in [1.54, 1.807) is 6.92 Å². The van der Waals surface area contributed by atoms with Gasteiger partial charge in [-0.3, -0.25) is 4.79 Å². The van der Waals surface area contributed by atoms with E-state index in [-0.39, 0.29) is 5.78 Å². The summed E-state index contributed by atoms with van der Waals surface area (Å²) in [6, 6.07) is 8.04. The molecule has 1 unspecified atom stereocenters. The van der Waals surface area contributed by atoms with Crippen molar-refractivity contribution in [3.63, 3.8) is 0 Å². The minimum absolute atomic E-state index is 0.224. The van der Waals surface area contributed by atoms with E-state index in [9.17, 15) is 9.90 Å². The van der Waals surface area contributed by atoms with Crippen molar-refractivity contribution in [2.75, 3.05) is 11.4 Å². The van der Waals surface area contributed by atoms with Crippen LogP contribution in [-0.2, 0) is 4.79 Å². The number of anilines is 1. The van der Waals surface area contributed by atoms with Gasteiger partial charge in [0.1, 0.15) is 5.60 Å². The Morgan fingerprint density at radius 1 is 1.24 bits per heavy atom. The Hall–Kier alpha value is -1.61. The number of carbonyl (C=O) groups excluding carboxylic acids is 1. The predicted octanol–water partition coefficient (Wildman–Crippen LogP) is 2.04. The van der Waals surface area contributed by atoms with Crippen LogP contribution in [0.15, 0.2) is 36.0 Å². The molecule has 1 aromatic carbocycles. The molecular formula is C14H17NO2. The second-order valence-electron chi connectivity index (χ2n) is 4.85. The number of ketones is 1. The summed E-state index contributed by atoms with van der Waals surface area (Å²) in [5, 5.41) is 10.0. The second kappa shape index (κ2) is 4.00. The molecule has 2 rings (SSSR count). The molecule has 0 radical (unpaired) electrons.